The summed E-state index contributed by atoms with van der Waals surface area (Å²) < 4.78 is 25.1. The van der Waals surface area contributed by atoms with Gasteiger partial charge >= 0.3 is 5.97 Å². The first-order valence-electron chi connectivity index (χ1n) is 9.84. The van der Waals surface area contributed by atoms with Gasteiger partial charge in [0.15, 0.2) is 5.82 Å². The number of fused-ring (bicyclic) bond motifs is 1. The monoisotopic (exact) mass is 462 g/mol. The van der Waals surface area contributed by atoms with E-state index in [2.05, 4.69) is 15.3 Å². The van der Waals surface area contributed by atoms with Crippen LogP contribution in [0.15, 0.2) is 36.7 Å². The van der Waals surface area contributed by atoms with E-state index in [1.807, 2.05) is 6.07 Å². The SMILES string of the molecule is COCCN(Cc1cc2c(Nc3cccc(Cl)c3F)ncnc2cc1OC)[C@H](C)C(=O)O. The van der Waals surface area contributed by atoms with E-state index in [0.29, 0.717) is 35.6 Å². The number of carboxylic acids is 1. The number of aromatic nitrogens is 2. The maximum Gasteiger partial charge on any atom is 0.320 e. The predicted octanol–water partition coefficient (Wildman–Crippen LogP) is 4.10. The third-order valence-electron chi connectivity index (χ3n) is 5.10. The molecule has 32 heavy (non-hydrogen) atoms. The molecule has 10 heteroatoms. The van der Waals surface area contributed by atoms with Crippen molar-refractivity contribution in [1.29, 1.82) is 0 Å². The average molecular weight is 463 g/mol. The second kappa shape index (κ2) is 10.5. The van der Waals surface area contributed by atoms with Crippen molar-refractivity contribution in [3.8, 4) is 5.75 Å². The largest absolute Gasteiger partial charge is 0.496 e. The van der Waals surface area contributed by atoms with Crippen LogP contribution < -0.4 is 10.1 Å². The van der Waals surface area contributed by atoms with Crippen molar-refractivity contribution in [2.24, 2.45) is 0 Å². The summed E-state index contributed by atoms with van der Waals surface area (Å²) in [5.41, 5.74) is 1.49. The molecule has 0 spiro atoms. The Morgan fingerprint density at radius 3 is 2.78 bits per heavy atom. The molecule has 1 aromatic heterocycles. The molecule has 3 rings (SSSR count). The first kappa shape index (κ1) is 23.6. The number of nitrogens with one attached hydrogen (secondary N) is 1. The number of rotatable bonds is 10. The Morgan fingerprint density at radius 1 is 1.31 bits per heavy atom. The summed E-state index contributed by atoms with van der Waals surface area (Å²) in [6.07, 6.45) is 1.36. The predicted molar refractivity (Wildman–Crippen MR) is 120 cm³/mol. The highest BCUT2D eigenvalue weighted by molar-refractivity contribution is 6.31. The lowest BCUT2D eigenvalue weighted by Crippen LogP contribution is -2.40. The number of aliphatic carboxylic acids is 1. The number of halogens is 2. The van der Waals surface area contributed by atoms with E-state index in [1.54, 1.807) is 37.1 Å². The molecule has 0 bridgehead atoms. The highest BCUT2D eigenvalue weighted by atomic mass is 35.5. The van der Waals surface area contributed by atoms with Gasteiger partial charge in [0.25, 0.3) is 0 Å². The summed E-state index contributed by atoms with van der Waals surface area (Å²) in [4.78, 5) is 21.9. The maximum absolute atomic E-state index is 14.4. The number of ether oxygens (including phenoxy) is 2. The van der Waals surface area contributed by atoms with E-state index in [9.17, 15) is 14.3 Å². The van der Waals surface area contributed by atoms with E-state index in [-0.39, 0.29) is 17.3 Å². The van der Waals surface area contributed by atoms with Gasteiger partial charge in [-0.1, -0.05) is 17.7 Å². The Morgan fingerprint density at radius 2 is 2.09 bits per heavy atom. The molecule has 0 aliphatic carbocycles. The third-order valence-corrected chi connectivity index (χ3v) is 5.40. The molecular weight excluding hydrogens is 439 g/mol. The van der Waals surface area contributed by atoms with Crippen LogP contribution in [0.25, 0.3) is 10.9 Å². The maximum atomic E-state index is 14.4. The molecular formula is C22H24ClFN4O4. The van der Waals surface area contributed by atoms with Gasteiger partial charge < -0.3 is 19.9 Å². The van der Waals surface area contributed by atoms with E-state index >= 15 is 0 Å². The average Bonchev–Trinajstić information content (AvgIpc) is 2.78. The molecule has 2 aromatic carbocycles. The van der Waals surface area contributed by atoms with Crippen LogP contribution in [0.1, 0.15) is 12.5 Å². The summed E-state index contributed by atoms with van der Waals surface area (Å²) in [6, 6.07) is 7.46. The second-order valence-electron chi connectivity index (χ2n) is 7.11. The van der Waals surface area contributed by atoms with Crippen LogP contribution in [0.4, 0.5) is 15.9 Å². The van der Waals surface area contributed by atoms with Crippen molar-refractivity contribution in [1.82, 2.24) is 14.9 Å². The summed E-state index contributed by atoms with van der Waals surface area (Å²) in [6.45, 7) is 2.69. The van der Waals surface area contributed by atoms with Gasteiger partial charge in [-0.05, 0) is 25.1 Å². The van der Waals surface area contributed by atoms with E-state index < -0.39 is 17.8 Å². The zero-order valence-electron chi connectivity index (χ0n) is 17.9. The van der Waals surface area contributed by atoms with Gasteiger partial charge in [-0.2, -0.15) is 0 Å². The fourth-order valence-corrected chi connectivity index (χ4v) is 3.44. The quantitative estimate of drug-likeness (QED) is 0.465. The molecule has 0 radical (unpaired) electrons. The van der Waals surface area contributed by atoms with Gasteiger partial charge in [0.05, 0.1) is 29.9 Å². The first-order valence-corrected chi connectivity index (χ1v) is 10.2. The smallest absolute Gasteiger partial charge is 0.320 e. The van der Waals surface area contributed by atoms with Crippen molar-refractivity contribution in [2.75, 3.05) is 32.7 Å². The van der Waals surface area contributed by atoms with Gasteiger partial charge in [-0.3, -0.25) is 9.69 Å². The molecule has 1 atom stereocenters. The molecule has 0 aliphatic heterocycles. The minimum absolute atomic E-state index is 0.00726. The molecule has 1 heterocycles. The lowest BCUT2D eigenvalue weighted by Gasteiger charge is -2.27. The molecule has 170 valence electrons. The minimum Gasteiger partial charge on any atom is -0.496 e. The van der Waals surface area contributed by atoms with Crippen LogP contribution in [-0.4, -0.2) is 59.4 Å². The van der Waals surface area contributed by atoms with Gasteiger partial charge in [0.2, 0.25) is 0 Å². The molecule has 2 N–H and O–H groups in total. The Kier molecular flexibility index (Phi) is 7.79. The van der Waals surface area contributed by atoms with Crippen LogP contribution in [0.5, 0.6) is 5.75 Å². The Bertz CT molecular complexity index is 1110. The fraction of sp³-hybridized carbons (Fsp3) is 0.318. The summed E-state index contributed by atoms with van der Waals surface area (Å²) in [7, 11) is 3.09. The van der Waals surface area contributed by atoms with Gasteiger partial charge in [0.1, 0.15) is 23.9 Å². The van der Waals surface area contributed by atoms with E-state index in [1.165, 1.54) is 19.5 Å². The second-order valence-corrected chi connectivity index (χ2v) is 7.51. The molecule has 8 nitrogen and oxygen atoms in total. The molecule has 3 aromatic rings. The van der Waals surface area contributed by atoms with Gasteiger partial charge in [0, 0.05) is 37.2 Å². The zero-order chi connectivity index (χ0) is 23.3. The van der Waals surface area contributed by atoms with Crippen LogP contribution in [0.2, 0.25) is 5.02 Å². The topological polar surface area (TPSA) is 96.8 Å². The summed E-state index contributed by atoms with van der Waals surface area (Å²) in [5.74, 6) is -0.593. The molecule has 0 aliphatic rings. The van der Waals surface area contributed by atoms with Gasteiger partial charge in [-0.25, -0.2) is 14.4 Å². The highest BCUT2D eigenvalue weighted by Crippen LogP contribution is 2.32. The fourth-order valence-electron chi connectivity index (χ4n) is 3.26. The number of nitrogens with zero attached hydrogens (tertiary/aromatic N) is 3. The van der Waals surface area contributed by atoms with Crippen LogP contribution in [0.3, 0.4) is 0 Å². The molecule has 0 saturated carbocycles. The molecule has 0 fully saturated rings. The molecule has 0 saturated heterocycles. The normalized spacial score (nSPS) is 12.2. The Balaban J connectivity index is 2.03. The number of benzene rings is 2. The lowest BCUT2D eigenvalue weighted by molar-refractivity contribution is -0.143. The van der Waals surface area contributed by atoms with Crippen molar-refractivity contribution in [3.05, 3.63) is 53.1 Å². The number of hydrogen-bond donors (Lipinski definition) is 2. The van der Waals surface area contributed by atoms with Crippen LogP contribution >= 0.6 is 11.6 Å². The number of carboxylic acid groups (broad SMARTS) is 1. The van der Waals surface area contributed by atoms with E-state index in [0.717, 1.165) is 5.56 Å². The highest BCUT2D eigenvalue weighted by Gasteiger charge is 2.22. The van der Waals surface area contributed by atoms with Crippen LogP contribution in [-0.2, 0) is 16.1 Å². The summed E-state index contributed by atoms with van der Waals surface area (Å²) in [5, 5.41) is 13.1. The standard InChI is InChI=1S/C22H24ClFN4O4/c1-13(22(29)30)28(7-8-31-2)11-14-9-15-18(10-19(14)32-3)25-12-26-21(15)27-17-6-4-5-16(23)20(17)24/h4-6,9-10,12-13H,7-8,11H2,1-3H3,(H,29,30)(H,25,26,27)/t13-/m1/s1. The van der Waals surface area contributed by atoms with Crippen molar-refractivity contribution < 1.29 is 23.8 Å². The molecule has 0 amide bonds. The van der Waals surface area contributed by atoms with E-state index in [4.69, 9.17) is 21.1 Å². The number of methoxy groups -OCH3 is 2. The van der Waals surface area contributed by atoms with Crippen molar-refractivity contribution in [3.63, 3.8) is 0 Å². The van der Waals surface area contributed by atoms with Crippen molar-refractivity contribution >= 4 is 40.0 Å². The van der Waals surface area contributed by atoms with Gasteiger partial charge in [-0.15, -0.1) is 0 Å². The number of anilines is 2. The third kappa shape index (κ3) is 5.24. The number of carbonyl (C=O) groups is 1. The Hall–Kier alpha value is -3.01. The zero-order valence-corrected chi connectivity index (χ0v) is 18.7. The lowest BCUT2D eigenvalue weighted by atomic mass is 10.1. The number of hydrogen-bond acceptors (Lipinski definition) is 7. The minimum atomic E-state index is -0.942. The van der Waals surface area contributed by atoms with Crippen LogP contribution in [0, 0.1) is 5.82 Å². The Labute approximate surface area is 189 Å². The first-order chi connectivity index (χ1) is 15.3. The van der Waals surface area contributed by atoms with Crippen molar-refractivity contribution in [2.45, 2.75) is 19.5 Å². The molecule has 0 unspecified atom stereocenters. The summed E-state index contributed by atoms with van der Waals surface area (Å²) >= 11 is 5.89.